The van der Waals surface area contributed by atoms with Crippen LogP contribution in [0, 0.1) is 0 Å². The molecule has 0 spiro atoms. The van der Waals surface area contributed by atoms with E-state index in [1.807, 2.05) is 18.2 Å². The van der Waals surface area contributed by atoms with Gasteiger partial charge in [-0.2, -0.15) is 0 Å². The Balaban J connectivity index is 2.77. The Morgan fingerprint density at radius 1 is 1.56 bits per heavy atom. The standard InChI is InChI=1S/C13H15BrO2/c1-3-4-5-6-13(15)11-9-10(16-2)7-8-12(11)14/h3,7-9H,1,4-6H2,2H3. The van der Waals surface area contributed by atoms with Crippen molar-refractivity contribution in [2.45, 2.75) is 19.3 Å². The highest BCUT2D eigenvalue weighted by atomic mass is 79.9. The zero-order chi connectivity index (χ0) is 12.0. The predicted octanol–water partition coefficient (Wildman–Crippen LogP) is 4.00. The molecule has 0 amide bonds. The third kappa shape index (κ3) is 3.49. The highest BCUT2D eigenvalue weighted by molar-refractivity contribution is 9.10. The monoisotopic (exact) mass is 282 g/mol. The van der Waals surface area contributed by atoms with E-state index in [2.05, 4.69) is 22.5 Å². The minimum atomic E-state index is 0.132. The highest BCUT2D eigenvalue weighted by Gasteiger charge is 2.10. The van der Waals surface area contributed by atoms with Crippen LogP contribution in [0.1, 0.15) is 29.6 Å². The van der Waals surface area contributed by atoms with Gasteiger partial charge in [-0.3, -0.25) is 4.79 Å². The van der Waals surface area contributed by atoms with Gasteiger partial charge in [-0.05, 0) is 31.0 Å². The average molecular weight is 283 g/mol. The molecule has 0 atom stereocenters. The second-order valence-corrected chi connectivity index (χ2v) is 4.30. The Morgan fingerprint density at radius 3 is 2.94 bits per heavy atom. The lowest BCUT2D eigenvalue weighted by molar-refractivity contribution is 0.0979. The molecule has 1 aromatic carbocycles. The normalized spacial score (nSPS) is 9.88. The Morgan fingerprint density at radius 2 is 2.31 bits per heavy atom. The first kappa shape index (κ1) is 13.0. The first-order valence-electron chi connectivity index (χ1n) is 5.16. The number of hydrogen-bond donors (Lipinski definition) is 0. The summed E-state index contributed by atoms with van der Waals surface area (Å²) in [5, 5.41) is 0. The van der Waals surface area contributed by atoms with Crippen LogP contribution in [-0.4, -0.2) is 12.9 Å². The Hall–Kier alpha value is -1.09. The summed E-state index contributed by atoms with van der Waals surface area (Å²) in [5.74, 6) is 0.836. The summed E-state index contributed by atoms with van der Waals surface area (Å²) >= 11 is 3.37. The van der Waals surface area contributed by atoms with Crippen molar-refractivity contribution in [2.75, 3.05) is 7.11 Å². The van der Waals surface area contributed by atoms with Gasteiger partial charge < -0.3 is 4.74 Å². The van der Waals surface area contributed by atoms with Crippen LogP contribution in [0.4, 0.5) is 0 Å². The largest absolute Gasteiger partial charge is 0.497 e. The lowest BCUT2D eigenvalue weighted by Crippen LogP contribution is -2.00. The fourth-order valence-electron chi connectivity index (χ4n) is 1.39. The summed E-state index contributed by atoms with van der Waals surface area (Å²) in [5.41, 5.74) is 0.684. The van der Waals surface area contributed by atoms with E-state index in [1.54, 1.807) is 13.2 Å². The van der Waals surface area contributed by atoms with Gasteiger partial charge in [-0.1, -0.05) is 22.0 Å². The molecule has 3 heteroatoms. The molecule has 1 aromatic rings. The van der Waals surface area contributed by atoms with Gasteiger partial charge in [0.1, 0.15) is 5.75 Å². The Bertz CT molecular complexity index is 386. The third-order valence-electron chi connectivity index (χ3n) is 2.29. The smallest absolute Gasteiger partial charge is 0.164 e. The van der Waals surface area contributed by atoms with Crippen LogP contribution in [0.15, 0.2) is 35.3 Å². The number of hydrogen-bond acceptors (Lipinski definition) is 2. The molecule has 16 heavy (non-hydrogen) atoms. The van der Waals surface area contributed by atoms with E-state index in [0.29, 0.717) is 17.7 Å². The molecular weight excluding hydrogens is 268 g/mol. The van der Waals surface area contributed by atoms with Crippen LogP contribution in [0.5, 0.6) is 5.75 Å². The quantitative estimate of drug-likeness (QED) is 0.448. The number of ketones is 1. The van der Waals surface area contributed by atoms with Crippen LogP contribution >= 0.6 is 15.9 Å². The molecule has 0 aliphatic carbocycles. The number of benzene rings is 1. The zero-order valence-electron chi connectivity index (χ0n) is 9.33. The van der Waals surface area contributed by atoms with E-state index >= 15 is 0 Å². The Kier molecular flexibility index (Phi) is 5.26. The summed E-state index contributed by atoms with van der Waals surface area (Å²) in [4.78, 5) is 11.9. The van der Waals surface area contributed by atoms with Gasteiger partial charge in [0, 0.05) is 16.5 Å². The van der Waals surface area contributed by atoms with Crippen molar-refractivity contribution in [2.24, 2.45) is 0 Å². The molecule has 0 heterocycles. The average Bonchev–Trinajstić information content (AvgIpc) is 2.30. The molecule has 0 aliphatic heterocycles. The fraction of sp³-hybridized carbons (Fsp3) is 0.308. The van der Waals surface area contributed by atoms with Gasteiger partial charge in [0.15, 0.2) is 5.78 Å². The molecule has 0 aliphatic rings. The molecule has 0 saturated carbocycles. The number of allylic oxidation sites excluding steroid dienone is 1. The molecule has 0 unspecified atom stereocenters. The maximum Gasteiger partial charge on any atom is 0.164 e. The molecule has 86 valence electrons. The van der Waals surface area contributed by atoms with E-state index in [-0.39, 0.29) is 5.78 Å². The topological polar surface area (TPSA) is 26.3 Å². The third-order valence-corrected chi connectivity index (χ3v) is 2.98. The number of carbonyl (C=O) groups excluding carboxylic acids is 1. The SMILES string of the molecule is C=CCCCC(=O)c1cc(OC)ccc1Br. The zero-order valence-corrected chi connectivity index (χ0v) is 10.9. The summed E-state index contributed by atoms with van der Waals surface area (Å²) in [6.07, 6.45) is 4.07. The van der Waals surface area contributed by atoms with Crippen molar-refractivity contribution in [3.63, 3.8) is 0 Å². The molecule has 2 nitrogen and oxygen atoms in total. The van der Waals surface area contributed by atoms with E-state index in [1.165, 1.54) is 0 Å². The van der Waals surface area contributed by atoms with Gasteiger partial charge in [0.05, 0.1) is 7.11 Å². The van der Waals surface area contributed by atoms with Crippen molar-refractivity contribution < 1.29 is 9.53 Å². The van der Waals surface area contributed by atoms with Crippen molar-refractivity contribution in [1.29, 1.82) is 0 Å². The minimum Gasteiger partial charge on any atom is -0.497 e. The number of Topliss-reactive ketones (excluding diaryl/α,β-unsaturated/α-hetero) is 1. The van der Waals surface area contributed by atoms with E-state index in [0.717, 1.165) is 17.3 Å². The number of methoxy groups -OCH3 is 1. The van der Waals surface area contributed by atoms with Crippen molar-refractivity contribution >= 4 is 21.7 Å². The Labute approximate surface area is 104 Å². The van der Waals surface area contributed by atoms with Crippen molar-refractivity contribution in [3.8, 4) is 5.75 Å². The van der Waals surface area contributed by atoms with Crippen LogP contribution in [0.3, 0.4) is 0 Å². The van der Waals surface area contributed by atoms with Crippen molar-refractivity contribution in [1.82, 2.24) is 0 Å². The molecule has 0 fully saturated rings. The molecule has 0 aromatic heterocycles. The van der Waals surface area contributed by atoms with E-state index in [4.69, 9.17) is 4.74 Å². The summed E-state index contributed by atoms with van der Waals surface area (Å²) in [7, 11) is 1.59. The number of ether oxygens (including phenoxy) is 1. The van der Waals surface area contributed by atoms with Crippen LogP contribution in [0.25, 0.3) is 0 Å². The molecule has 1 rings (SSSR count). The van der Waals surface area contributed by atoms with Gasteiger partial charge in [0.25, 0.3) is 0 Å². The lowest BCUT2D eigenvalue weighted by Gasteiger charge is -2.06. The minimum absolute atomic E-state index is 0.132. The van der Waals surface area contributed by atoms with Crippen molar-refractivity contribution in [3.05, 3.63) is 40.9 Å². The first-order valence-corrected chi connectivity index (χ1v) is 5.96. The van der Waals surface area contributed by atoms with Gasteiger partial charge in [-0.15, -0.1) is 6.58 Å². The number of rotatable bonds is 6. The number of halogens is 1. The summed E-state index contributed by atoms with van der Waals surface area (Å²) in [6.45, 7) is 3.63. The van der Waals surface area contributed by atoms with Gasteiger partial charge >= 0.3 is 0 Å². The van der Waals surface area contributed by atoms with E-state index in [9.17, 15) is 4.79 Å². The molecular formula is C13H15BrO2. The second-order valence-electron chi connectivity index (χ2n) is 3.45. The fourth-order valence-corrected chi connectivity index (χ4v) is 1.85. The van der Waals surface area contributed by atoms with Crippen LogP contribution < -0.4 is 4.74 Å². The lowest BCUT2D eigenvalue weighted by atomic mass is 10.1. The summed E-state index contributed by atoms with van der Waals surface area (Å²) < 4.78 is 5.91. The van der Waals surface area contributed by atoms with E-state index < -0.39 is 0 Å². The molecule has 0 radical (unpaired) electrons. The molecule has 0 N–H and O–H groups in total. The highest BCUT2D eigenvalue weighted by Crippen LogP contribution is 2.24. The van der Waals surface area contributed by atoms with Crippen LogP contribution in [-0.2, 0) is 0 Å². The maximum atomic E-state index is 11.9. The maximum absolute atomic E-state index is 11.9. The predicted molar refractivity (Wildman–Crippen MR) is 69.1 cm³/mol. The summed E-state index contributed by atoms with van der Waals surface area (Å²) in [6, 6.07) is 5.42. The second kappa shape index (κ2) is 6.48. The molecule has 0 saturated heterocycles. The van der Waals surface area contributed by atoms with Gasteiger partial charge in [0.2, 0.25) is 0 Å². The van der Waals surface area contributed by atoms with Crippen LogP contribution in [0.2, 0.25) is 0 Å². The van der Waals surface area contributed by atoms with Gasteiger partial charge in [-0.25, -0.2) is 0 Å². The number of unbranched alkanes of at least 4 members (excludes halogenated alkanes) is 1. The first-order chi connectivity index (χ1) is 7.69. The number of carbonyl (C=O) groups is 1. The molecule has 0 bridgehead atoms.